The summed E-state index contributed by atoms with van der Waals surface area (Å²) in [6, 6.07) is 0. The summed E-state index contributed by atoms with van der Waals surface area (Å²) in [5, 5.41) is 0. The van der Waals surface area contributed by atoms with Crippen molar-refractivity contribution in [2.24, 2.45) is 5.92 Å². The zero-order valence-corrected chi connectivity index (χ0v) is 11.1. The van der Waals surface area contributed by atoms with Crippen molar-refractivity contribution in [3.05, 3.63) is 0 Å². The molecule has 0 aromatic carbocycles. The van der Waals surface area contributed by atoms with E-state index in [0.717, 1.165) is 38.8 Å². The number of rotatable bonds is 3. The summed E-state index contributed by atoms with van der Waals surface area (Å²) in [7, 11) is 0. The summed E-state index contributed by atoms with van der Waals surface area (Å²) in [5.74, 6) is -2.59. The number of piperidine rings is 2. The van der Waals surface area contributed by atoms with Crippen LogP contribution in [0.1, 0.15) is 32.6 Å². The van der Waals surface area contributed by atoms with Gasteiger partial charge in [-0.3, -0.25) is 0 Å². The fourth-order valence-corrected chi connectivity index (χ4v) is 3.26. The number of esters is 2. The number of fused-ring (bicyclic) bond motifs is 3. The number of carbonyl (C=O) groups excluding carboxylic acids is 2. The SMILES string of the molecule is CCCOC1CC2CCCN(C2)C12OC(=O)C(=O)O2. The second-order valence-electron chi connectivity index (χ2n) is 5.46. The first-order chi connectivity index (χ1) is 9.15. The van der Waals surface area contributed by atoms with Gasteiger partial charge in [-0.2, -0.15) is 0 Å². The van der Waals surface area contributed by atoms with E-state index in [-0.39, 0.29) is 6.10 Å². The van der Waals surface area contributed by atoms with E-state index in [4.69, 9.17) is 14.2 Å². The molecule has 3 heterocycles. The van der Waals surface area contributed by atoms with Gasteiger partial charge in [-0.15, -0.1) is 0 Å². The van der Waals surface area contributed by atoms with E-state index in [1.54, 1.807) is 0 Å². The van der Waals surface area contributed by atoms with Crippen LogP contribution >= 0.6 is 0 Å². The van der Waals surface area contributed by atoms with Gasteiger partial charge in [-0.25, -0.2) is 14.5 Å². The summed E-state index contributed by atoms with van der Waals surface area (Å²) in [6.45, 7) is 4.15. The molecule has 3 fully saturated rings. The first-order valence-corrected chi connectivity index (χ1v) is 6.98. The molecule has 0 radical (unpaired) electrons. The molecule has 0 aromatic rings. The number of ether oxygens (including phenoxy) is 3. The third-order valence-corrected chi connectivity index (χ3v) is 4.08. The first-order valence-electron chi connectivity index (χ1n) is 6.98. The van der Waals surface area contributed by atoms with Crippen LogP contribution < -0.4 is 0 Å². The summed E-state index contributed by atoms with van der Waals surface area (Å²) in [4.78, 5) is 24.8. The van der Waals surface area contributed by atoms with Crippen molar-refractivity contribution in [3.63, 3.8) is 0 Å². The molecule has 106 valence electrons. The molecule has 3 unspecified atom stereocenters. The third-order valence-electron chi connectivity index (χ3n) is 4.08. The van der Waals surface area contributed by atoms with Crippen molar-refractivity contribution in [3.8, 4) is 0 Å². The highest BCUT2D eigenvalue weighted by atomic mass is 16.8. The fraction of sp³-hybridized carbons (Fsp3) is 0.846. The molecular weight excluding hydrogens is 250 g/mol. The van der Waals surface area contributed by atoms with E-state index in [1.807, 2.05) is 11.8 Å². The van der Waals surface area contributed by atoms with Crippen LogP contribution in [-0.2, 0) is 23.8 Å². The Morgan fingerprint density at radius 1 is 1.37 bits per heavy atom. The van der Waals surface area contributed by atoms with Gasteiger partial charge in [0, 0.05) is 19.7 Å². The Labute approximate surface area is 112 Å². The van der Waals surface area contributed by atoms with E-state index < -0.39 is 17.8 Å². The molecule has 6 heteroatoms. The molecule has 3 atom stereocenters. The van der Waals surface area contributed by atoms with Crippen molar-refractivity contribution in [2.75, 3.05) is 19.7 Å². The number of carbonyl (C=O) groups is 2. The van der Waals surface area contributed by atoms with Crippen LogP contribution in [0, 0.1) is 5.92 Å². The monoisotopic (exact) mass is 269 g/mol. The smallest absolute Gasteiger partial charge is 0.397 e. The molecule has 0 aliphatic carbocycles. The van der Waals surface area contributed by atoms with E-state index in [1.165, 1.54) is 0 Å². The topological polar surface area (TPSA) is 65.1 Å². The second kappa shape index (κ2) is 4.76. The fourth-order valence-electron chi connectivity index (χ4n) is 3.26. The molecular formula is C13H19NO5. The maximum Gasteiger partial charge on any atom is 0.422 e. The maximum absolute atomic E-state index is 11.4. The Hall–Kier alpha value is -1.14. The normalized spacial score (nSPS) is 36.2. The van der Waals surface area contributed by atoms with Crippen LogP contribution in [0.25, 0.3) is 0 Å². The van der Waals surface area contributed by atoms with Gasteiger partial charge >= 0.3 is 17.8 Å². The standard InChI is InChI=1S/C13H19NO5/c1-2-6-17-10-7-9-4-3-5-14(8-9)13(10)18-11(15)12(16)19-13/h9-10H,2-8H2,1H3. The molecule has 3 rings (SSSR count). The summed E-state index contributed by atoms with van der Waals surface area (Å²) >= 11 is 0. The minimum atomic E-state index is -1.31. The van der Waals surface area contributed by atoms with Crippen LogP contribution in [0.3, 0.4) is 0 Å². The third kappa shape index (κ3) is 2.03. The van der Waals surface area contributed by atoms with Gasteiger partial charge in [0.25, 0.3) is 0 Å². The number of hydrogen-bond acceptors (Lipinski definition) is 6. The van der Waals surface area contributed by atoms with Crippen LogP contribution in [0.4, 0.5) is 0 Å². The molecule has 3 aliphatic rings. The van der Waals surface area contributed by atoms with Crippen LogP contribution in [0.5, 0.6) is 0 Å². The maximum atomic E-state index is 11.4. The van der Waals surface area contributed by atoms with Crippen LogP contribution in [0.15, 0.2) is 0 Å². The Morgan fingerprint density at radius 3 is 2.79 bits per heavy atom. The highest BCUT2D eigenvalue weighted by Gasteiger charge is 2.62. The van der Waals surface area contributed by atoms with Gasteiger partial charge in [0.2, 0.25) is 0 Å². The van der Waals surface area contributed by atoms with Crippen molar-refractivity contribution in [2.45, 2.75) is 44.6 Å². The Kier molecular flexibility index (Phi) is 3.22. The highest BCUT2D eigenvalue weighted by molar-refractivity contribution is 6.31. The molecule has 6 nitrogen and oxygen atoms in total. The minimum Gasteiger partial charge on any atom is -0.397 e. The quantitative estimate of drug-likeness (QED) is 0.553. The number of hydrogen-bond donors (Lipinski definition) is 0. The second-order valence-corrected chi connectivity index (χ2v) is 5.46. The van der Waals surface area contributed by atoms with E-state index in [9.17, 15) is 9.59 Å². The lowest BCUT2D eigenvalue weighted by molar-refractivity contribution is -0.325. The molecule has 3 aliphatic heterocycles. The van der Waals surface area contributed by atoms with Crippen molar-refractivity contribution >= 4 is 11.9 Å². The lowest BCUT2D eigenvalue weighted by Crippen LogP contribution is -2.65. The van der Waals surface area contributed by atoms with Crippen molar-refractivity contribution in [1.82, 2.24) is 4.90 Å². The van der Waals surface area contributed by atoms with Gasteiger partial charge in [0.15, 0.2) is 6.10 Å². The summed E-state index contributed by atoms with van der Waals surface area (Å²) in [6.07, 6.45) is 3.46. The zero-order chi connectivity index (χ0) is 13.5. The average Bonchev–Trinajstić information content (AvgIpc) is 2.71. The lowest BCUT2D eigenvalue weighted by Gasteiger charge is -2.50. The Morgan fingerprint density at radius 2 is 2.11 bits per heavy atom. The summed E-state index contributed by atoms with van der Waals surface area (Å²) < 4.78 is 16.4. The van der Waals surface area contributed by atoms with Gasteiger partial charge in [0.05, 0.1) is 0 Å². The predicted octanol–water partition coefficient (Wildman–Crippen LogP) is 0.651. The van der Waals surface area contributed by atoms with Gasteiger partial charge in [0.1, 0.15) is 0 Å². The largest absolute Gasteiger partial charge is 0.422 e. The summed E-state index contributed by atoms with van der Waals surface area (Å²) in [5.41, 5.74) is 0. The predicted molar refractivity (Wildman–Crippen MR) is 63.9 cm³/mol. The van der Waals surface area contributed by atoms with E-state index >= 15 is 0 Å². The molecule has 0 aromatic heterocycles. The highest BCUT2D eigenvalue weighted by Crippen LogP contribution is 2.42. The van der Waals surface area contributed by atoms with Crippen LogP contribution in [0.2, 0.25) is 0 Å². The molecule has 0 N–H and O–H groups in total. The van der Waals surface area contributed by atoms with Crippen molar-refractivity contribution < 1.29 is 23.8 Å². The zero-order valence-electron chi connectivity index (χ0n) is 11.1. The molecule has 1 spiro atoms. The minimum absolute atomic E-state index is 0.373. The molecule has 3 saturated heterocycles. The van der Waals surface area contributed by atoms with Gasteiger partial charge in [-0.05, 0) is 31.6 Å². The lowest BCUT2D eigenvalue weighted by atomic mass is 9.85. The van der Waals surface area contributed by atoms with Gasteiger partial charge in [-0.1, -0.05) is 6.92 Å². The first kappa shape index (κ1) is 12.9. The molecule has 19 heavy (non-hydrogen) atoms. The molecule has 0 saturated carbocycles. The van der Waals surface area contributed by atoms with E-state index in [0.29, 0.717) is 12.5 Å². The Bertz CT molecular complexity index is 380. The molecule has 0 amide bonds. The average molecular weight is 269 g/mol. The van der Waals surface area contributed by atoms with E-state index in [2.05, 4.69) is 0 Å². The van der Waals surface area contributed by atoms with Crippen LogP contribution in [-0.4, -0.2) is 48.5 Å². The number of nitrogens with zero attached hydrogens (tertiary/aromatic N) is 1. The van der Waals surface area contributed by atoms with Gasteiger partial charge < -0.3 is 14.2 Å². The molecule has 2 bridgehead atoms. The Balaban J connectivity index is 1.87. The van der Waals surface area contributed by atoms with Crippen molar-refractivity contribution in [1.29, 1.82) is 0 Å².